The third-order valence-electron chi connectivity index (χ3n) is 4.13. The first kappa shape index (κ1) is 20.1. The van der Waals surface area contributed by atoms with Crippen molar-refractivity contribution in [3.8, 4) is 11.8 Å². The van der Waals surface area contributed by atoms with E-state index in [1.807, 2.05) is 19.1 Å². The highest BCUT2D eigenvalue weighted by molar-refractivity contribution is 7.18. The summed E-state index contributed by atoms with van der Waals surface area (Å²) < 4.78 is 12.1. The Labute approximate surface area is 171 Å². The zero-order chi connectivity index (χ0) is 21.0. The number of nitrogen functional groups attached to an aromatic ring is 1. The Morgan fingerprint density at radius 1 is 1.21 bits per heavy atom. The molecule has 0 fully saturated rings. The van der Waals surface area contributed by atoms with Gasteiger partial charge in [-0.25, -0.2) is 14.3 Å². The van der Waals surface area contributed by atoms with Crippen LogP contribution in [0.4, 0.5) is 5.00 Å². The Balaban J connectivity index is 1.76. The maximum absolute atomic E-state index is 12.4. The van der Waals surface area contributed by atoms with E-state index in [2.05, 4.69) is 5.10 Å². The molecule has 3 aromatic rings. The van der Waals surface area contributed by atoms with Crippen LogP contribution in [0.5, 0.6) is 0 Å². The molecule has 0 atom stereocenters. The molecule has 2 N–H and O–H groups in total. The van der Waals surface area contributed by atoms with Crippen LogP contribution in [0, 0.1) is 18.3 Å². The van der Waals surface area contributed by atoms with Gasteiger partial charge >= 0.3 is 11.9 Å². The summed E-state index contributed by atoms with van der Waals surface area (Å²) in [6, 6.07) is 10.6. The van der Waals surface area contributed by atoms with Gasteiger partial charge in [-0.3, -0.25) is 0 Å². The molecule has 0 saturated heterocycles. The van der Waals surface area contributed by atoms with Crippen molar-refractivity contribution in [2.75, 3.05) is 12.3 Å². The fourth-order valence-electron chi connectivity index (χ4n) is 2.71. The lowest BCUT2D eigenvalue weighted by Gasteiger charge is -2.08. The maximum Gasteiger partial charge on any atom is 0.348 e. The largest absolute Gasteiger partial charge is 0.462 e. The van der Waals surface area contributed by atoms with Crippen LogP contribution in [-0.4, -0.2) is 28.3 Å². The van der Waals surface area contributed by atoms with Gasteiger partial charge in [0.05, 0.1) is 23.4 Å². The van der Waals surface area contributed by atoms with Crippen molar-refractivity contribution in [2.24, 2.45) is 0 Å². The molecule has 9 heteroatoms. The van der Waals surface area contributed by atoms with Gasteiger partial charge in [-0.15, -0.1) is 11.3 Å². The van der Waals surface area contributed by atoms with Gasteiger partial charge in [0.25, 0.3) is 0 Å². The molecule has 0 radical (unpaired) electrons. The van der Waals surface area contributed by atoms with Gasteiger partial charge in [0.1, 0.15) is 22.6 Å². The standard InChI is InChI=1S/C20H18N4O4S/c1-3-27-20(26)17-16(15(10-21)18(22)29-17)11-28-19(25)13-4-6-14(7-5-13)24-12(2)8-9-23-24/h4-9H,3,11,22H2,1-2H3. The number of ether oxygens (including phenoxy) is 2. The van der Waals surface area contributed by atoms with Crippen LogP contribution in [0.1, 0.15) is 43.8 Å². The Morgan fingerprint density at radius 2 is 1.93 bits per heavy atom. The SMILES string of the molecule is CCOC(=O)c1sc(N)c(C#N)c1COC(=O)c1ccc(-n2nccc2C)cc1. The second-order valence-electron chi connectivity index (χ2n) is 5.99. The number of carbonyl (C=O) groups is 2. The number of nitrogens with two attached hydrogens (primary N) is 1. The van der Waals surface area contributed by atoms with E-state index in [4.69, 9.17) is 15.2 Å². The van der Waals surface area contributed by atoms with Gasteiger partial charge in [-0.2, -0.15) is 10.4 Å². The molecule has 2 aromatic heterocycles. The number of rotatable bonds is 6. The fraction of sp³-hybridized carbons (Fsp3) is 0.200. The summed E-state index contributed by atoms with van der Waals surface area (Å²) in [4.78, 5) is 24.7. The number of nitriles is 1. The lowest BCUT2D eigenvalue weighted by molar-refractivity contribution is 0.0452. The molecule has 1 aromatic carbocycles. The minimum Gasteiger partial charge on any atom is -0.462 e. The number of hydrogen-bond donors (Lipinski definition) is 1. The summed E-state index contributed by atoms with van der Waals surface area (Å²) in [5.74, 6) is -1.19. The third-order valence-corrected chi connectivity index (χ3v) is 5.18. The molecule has 0 saturated carbocycles. The zero-order valence-corrected chi connectivity index (χ0v) is 16.7. The highest BCUT2D eigenvalue weighted by Gasteiger charge is 2.24. The molecular weight excluding hydrogens is 392 g/mol. The average Bonchev–Trinajstić information content (AvgIpc) is 3.29. The Hall–Kier alpha value is -3.64. The van der Waals surface area contributed by atoms with Crippen molar-refractivity contribution in [1.29, 1.82) is 5.26 Å². The minimum atomic E-state index is -0.601. The number of esters is 2. The van der Waals surface area contributed by atoms with Crippen LogP contribution in [0.3, 0.4) is 0 Å². The number of benzene rings is 1. The van der Waals surface area contributed by atoms with Crippen LogP contribution < -0.4 is 5.73 Å². The number of aromatic nitrogens is 2. The van der Waals surface area contributed by atoms with Gasteiger partial charge in [-0.05, 0) is 44.2 Å². The van der Waals surface area contributed by atoms with Gasteiger partial charge in [0, 0.05) is 17.5 Å². The van der Waals surface area contributed by atoms with E-state index in [0.29, 0.717) is 5.56 Å². The minimum absolute atomic E-state index is 0.121. The molecule has 148 valence electrons. The number of nitrogens with zero attached hydrogens (tertiary/aromatic N) is 3. The molecule has 3 rings (SSSR count). The van der Waals surface area contributed by atoms with Crippen molar-refractivity contribution in [2.45, 2.75) is 20.5 Å². The lowest BCUT2D eigenvalue weighted by atomic mass is 10.1. The summed E-state index contributed by atoms with van der Waals surface area (Å²) in [7, 11) is 0. The zero-order valence-electron chi connectivity index (χ0n) is 15.8. The van der Waals surface area contributed by atoms with E-state index in [0.717, 1.165) is 22.7 Å². The number of hydrogen-bond acceptors (Lipinski definition) is 8. The van der Waals surface area contributed by atoms with Gasteiger partial charge < -0.3 is 15.2 Å². The third kappa shape index (κ3) is 4.12. The van der Waals surface area contributed by atoms with Crippen LogP contribution in [0.2, 0.25) is 0 Å². The van der Waals surface area contributed by atoms with E-state index in [1.165, 1.54) is 0 Å². The van der Waals surface area contributed by atoms with Crippen molar-refractivity contribution in [1.82, 2.24) is 9.78 Å². The summed E-state index contributed by atoms with van der Waals surface area (Å²) >= 11 is 0.943. The average molecular weight is 410 g/mol. The first-order valence-corrected chi connectivity index (χ1v) is 9.54. The highest BCUT2D eigenvalue weighted by Crippen LogP contribution is 2.32. The van der Waals surface area contributed by atoms with Gasteiger partial charge in [0.15, 0.2) is 0 Å². The normalized spacial score (nSPS) is 10.4. The predicted octanol–water partition coefficient (Wildman–Crippen LogP) is 3.23. The van der Waals surface area contributed by atoms with Gasteiger partial charge in [-0.1, -0.05) is 0 Å². The van der Waals surface area contributed by atoms with E-state index >= 15 is 0 Å². The molecule has 2 heterocycles. The molecule has 0 aliphatic heterocycles. The molecule has 0 unspecified atom stereocenters. The number of thiophene rings is 1. The molecule has 0 spiro atoms. The molecule has 0 aliphatic carbocycles. The molecule has 0 amide bonds. The van der Waals surface area contributed by atoms with Gasteiger partial charge in [0.2, 0.25) is 0 Å². The van der Waals surface area contributed by atoms with Crippen molar-refractivity contribution < 1.29 is 19.1 Å². The van der Waals surface area contributed by atoms with Crippen LogP contribution in [-0.2, 0) is 16.1 Å². The lowest BCUT2D eigenvalue weighted by Crippen LogP contribution is -2.10. The first-order valence-electron chi connectivity index (χ1n) is 8.72. The quantitative estimate of drug-likeness (QED) is 0.619. The van der Waals surface area contributed by atoms with E-state index in [-0.39, 0.29) is 34.2 Å². The maximum atomic E-state index is 12.4. The summed E-state index contributed by atoms with van der Waals surface area (Å²) in [5, 5.41) is 13.7. The predicted molar refractivity (Wildman–Crippen MR) is 107 cm³/mol. The first-order chi connectivity index (χ1) is 14.0. The second-order valence-corrected chi connectivity index (χ2v) is 7.04. The molecule has 0 aliphatic rings. The number of anilines is 1. The second kappa shape index (κ2) is 8.58. The summed E-state index contributed by atoms with van der Waals surface area (Å²) in [5.41, 5.74) is 8.30. The number of carbonyl (C=O) groups excluding carboxylic acids is 2. The van der Waals surface area contributed by atoms with E-state index in [1.54, 1.807) is 42.1 Å². The monoisotopic (exact) mass is 410 g/mol. The van der Waals surface area contributed by atoms with E-state index < -0.39 is 11.9 Å². The van der Waals surface area contributed by atoms with Crippen LogP contribution >= 0.6 is 11.3 Å². The van der Waals surface area contributed by atoms with Crippen LogP contribution in [0.25, 0.3) is 5.69 Å². The Morgan fingerprint density at radius 3 is 2.52 bits per heavy atom. The summed E-state index contributed by atoms with van der Waals surface area (Å²) in [6.45, 7) is 3.52. The fourth-order valence-corrected chi connectivity index (χ4v) is 3.62. The van der Waals surface area contributed by atoms with E-state index in [9.17, 15) is 14.9 Å². The Kier molecular flexibility index (Phi) is 5.95. The van der Waals surface area contributed by atoms with Crippen molar-refractivity contribution in [3.05, 3.63) is 63.8 Å². The number of aryl methyl sites for hydroxylation is 1. The van der Waals surface area contributed by atoms with Crippen molar-refractivity contribution >= 4 is 28.3 Å². The molecule has 8 nitrogen and oxygen atoms in total. The van der Waals surface area contributed by atoms with Crippen LogP contribution in [0.15, 0.2) is 36.5 Å². The molecule has 0 bridgehead atoms. The smallest absolute Gasteiger partial charge is 0.348 e. The highest BCUT2D eigenvalue weighted by atomic mass is 32.1. The molecule has 29 heavy (non-hydrogen) atoms. The summed E-state index contributed by atoms with van der Waals surface area (Å²) in [6.07, 6.45) is 1.69. The molecular formula is C20H18N4O4S. The topological polar surface area (TPSA) is 120 Å². The Bertz CT molecular complexity index is 1090. The van der Waals surface area contributed by atoms with Crippen molar-refractivity contribution in [3.63, 3.8) is 0 Å².